The van der Waals surface area contributed by atoms with Gasteiger partial charge in [0.1, 0.15) is 0 Å². The molecule has 0 radical (unpaired) electrons. The number of unbranched alkanes of at least 4 members (excludes halogenated alkanes) is 22. The number of hydrazine groups is 2. The minimum absolute atomic E-state index is 0.0688. The van der Waals surface area contributed by atoms with E-state index in [-0.39, 0.29) is 24.9 Å². The van der Waals surface area contributed by atoms with Gasteiger partial charge in [-0.25, -0.2) is 11.7 Å². The molecule has 0 heterocycles. The Hall–Kier alpha value is -1.66. The highest BCUT2D eigenvalue weighted by molar-refractivity contribution is 5.76. The number of amides is 2. The summed E-state index contributed by atoms with van der Waals surface area (Å²) in [6.07, 6.45) is 42.4. The highest BCUT2D eigenvalue weighted by Gasteiger charge is 2.13. The summed E-state index contributed by atoms with van der Waals surface area (Å²) < 4.78 is 0. The Labute approximate surface area is 273 Å². The molecule has 2 amide bonds. The van der Waals surface area contributed by atoms with Gasteiger partial charge in [-0.15, -0.1) is 0 Å². The zero-order valence-corrected chi connectivity index (χ0v) is 29.4. The largest absolute Gasteiger partial charge is 0.279 e. The summed E-state index contributed by atoms with van der Waals surface area (Å²) in [5.74, 6) is 11.7. The number of nitrogens with two attached hydrogens (primary N) is 2. The van der Waals surface area contributed by atoms with Gasteiger partial charge in [0.15, 0.2) is 0 Å². The molecule has 6 heteroatoms. The van der Waals surface area contributed by atoms with Gasteiger partial charge in [0.2, 0.25) is 11.8 Å². The Bertz CT molecular complexity index is 636. The predicted molar refractivity (Wildman–Crippen MR) is 191 cm³/mol. The number of carbonyl (C=O) groups is 2. The van der Waals surface area contributed by atoms with Crippen molar-refractivity contribution < 1.29 is 9.59 Å². The molecule has 0 aliphatic carbocycles. The SMILES string of the molecule is CCCCCCCC/C=C\CCCCCCCC(=O)N(N)CCN(N)C(=O)CCCCCCC/C=C\CCCCCCCC. The second kappa shape index (κ2) is 34.2. The van der Waals surface area contributed by atoms with Gasteiger partial charge in [-0.05, 0) is 64.2 Å². The molecule has 0 rings (SSSR count). The molecule has 4 N–H and O–H groups in total. The van der Waals surface area contributed by atoms with Gasteiger partial charge in [0.25, 0.3) is 0 Å². The Kier molecular flexibility index (Phi) is 32.9. The molecule has 0 spiro atoms. The predicted octanol–water partition coefficient (Wildman–Crippen LogP) is 10.5. The lowest BCUT2D eigenvalue weighted by Crippen LogP contribution is -2.46. The van der Waals surface area contributed by atoms with E-state index in [9.17, 15) is 9.59 Å². The third-order valence-corrected chi connectivity index (χ3v) is 8.53. The maximum atomic E-state index is 12.3. The fourth-order valence-corrected chi connectivity index (χ4v) is 5.45. The van der Waals surface area contributed by atoms with Crippen molar-refractivity contribution in [2.24, 2.45) is 11.7 Å². The van der Waals surface area contributed by atoms with Gasteiger partial charge < -0.3 is 0 Å². The number of hydrogen-bond acceptors (Lipinski definition) is 4. The third kappa shape index (κ3) is 30.4. The molecular formula is C38H74N4O2. The van der Waals surface area contributed by atoms with Crippen LogP contribution in [-0.2, 0) is 9.59 Å². The summed E-state index contributed by atoms with van der Waals surface area (Å²) in [4.78, 5) is 24.7. The van der Waals surface area contributed by atoms with E-state index in [2.05, 4.69) is 38.2 Å². The quantitative estimate of drug-likeness (QED) is 0.0252. The van der Waals surface area contributed by atoms with Crippen LogP contribution in [0.25, 0.3) is 0 Å². The Morgan fingerprint density at radius 2 is 0.659 bits per heavy atom. The maximum absolute atomic E-state index is 12.3. The molecule has 0 aliphatic rings. The van der Waals surface area contributed by atoms with Crippen LogP contribution >= 0.6 is 0 Å². The van der Waals surface area contributed by atoms with Crippen molar-refractivity contribution >= 4 is 11.8 Å². The Morgan fingerprint density at radius 1 is 0.409 bits per heavy atom. The van der Waals surface area contributed by atoms with Crippen LogP contribution < -0.4 is 11.7 Å². The molecular weight excluding hydrogens is 544 g/mol. The van der Waals surface area contributed by atoms with E-state index in [4.69, 9.17) is 11.7 Å². The van der Waals surface area contributed by atoms with Crippen LogP contribution in [0.2, 0.25) is 0 Å². The van der Waals surface area contributed by atoms with E-state index in [1.165, 1.54) is 126 Å². The van der Waals surface area contributed by atoms with E-state index in [0.717, 1.165) is 51.4 Å². The van der Waals surface area contributed by atoms with Gasteiger partial charge >= 0.3 is 0 Å². The van der Waals surface area contributed by atoms with E-state index in [0.29, 0.717) is 12.8 Å². The van der Waals surface area contributed by atoms with Crippen molar-refractivity contribution in [3.05, 3.63) is 24.3 Å². The highest BCUT2D eigenvalue weighted by Crippen LogP contribution is 2.12. The molecule has 0 aromatic rings. The Balaban J connectivity index is 3.59. The van der Waals surface area contributed by atoms with Crippen LogP contribution in [0.1, 0.15) is 194 Å². The monoisotopic (exact) mass is 619 g/mol. The first kappa shape index (κ1) is 42.3. The van der Waals surface area contributed by atoms with Crippen LogP contribution in [0, 0.1) is 0 Å². The number of rotatable bonds is 33. The summed E-state index contributed by atoms with van der Waals surface area (Å²) in [6.45, 7) is 5.08. The molecule has 0 aromatic heterocycles. The van der Waals surface area contributed by atoms with Gasteiger partial charge in [-0.1, -0.05) is 141 Å². The van der Waals surface area contributed by atoms with E-state index >= 15 is 0 Å². The van der Waals surface area contributed by atoms with Crippen molar-refractivity contribution in [1.29, 1.82) is 0 Å². The first-order valence-corrected chi connectivity index (χ1v) is 18.9. The van der Waals surface area contributed by atoms with Crippen LogP contribution in [0.15, 0.2) is 24.3 Å². The number of allylic oxidation sites excluding steroid dienone is 4. The summed E-state index contributed by atoms with van der Waals surface area (Å²) in [5.41, 5.74) is 0. The van der Waals surface area contributed by atoms with Crippen molar-refractivity contribution in [2.75, 3.05) is 13.1 Å². The zero-order valence-electron chi connectivity index (χ0n) is 29.4. The molecule has 0 unspecified atom stereocenters. The maximum Gasteiger partial charge on any atom is 0.236 e. The van der Waals surface area contributed by atoms with Gasteiger partial charge in [0, 0.05) is 12.8 Å². The van der Waals surface area contributed by atoms with E-state index < -0.39 is 0 Å². The first-order valence-electron chi connectivity index (χ1n) is 18.9. The fourth-order valence-electron chi connectivity index (χ4n) is 5.45. The van der Waals surface area contributed by atoms with Crippen LogP contribution in [0.5, 0.6) is 0 Å². The smallest absolute Gasteiger partial charge is 0.236 e. The average Bonchev–Trinajstić information content (AvgIpc) is 3.03. The third-order valence-electron chi connectivity index (χ3n) is 8.53. The number of nitrogens with zero attached hydrogens (tertiary/aromatic N) is 2. The lowest BCUT2D eigenvalue weighted by atomic mass is 10.1. The first-order chi connectivity index (χ1) is 21.5. The van der Waals surface area contributed by atoms with Crippen molar-refractivity contribution in [1.82, 2.24) is 10.0 Å². The number of carbonyl (C=O) groups excluding carboxylic acids is 2. The molecule has 0 aromatic carbocycles. The van der Waals surface area contributed by atoms with Gasteiger partial charge in [-0.3, -0.25) is 19.6 Å². The molecule has 0 aliphatic heterocycles. The molecule has 44 heavy (non-hydrogen) atoms. The van der Waals surface area contributed by atoms with Gasteiger partial charge in [-0.2, -0.15) is 0 Å². The number of hydrogen-bond donors (Lipinski definition) is 2. The summed E-state index contributed by atoms with van der Waals surface area (Å²) >= 11 is 0. The normalized spacial score (nSPS) is 11.6. The summed E-state index contributed by atoms with van der Waals surface area (Å²) in [6, 6.07) is 0. The van der Waals surface area contributed by atoms with Crippen molar-refractivity contribution in [2.45, 2.75) is 194 Å². The Morgan fingerprint density at radius 3 is 0.955 bits per heavy atom. The molecule has 6 nitrogen and oxygen atoms in total. The molecule has 0 bridgehead atoms. The second-order valence-electron chi connectivity index (χ2n) is 12.8. The lowest BCUT2D eigenvalue weighted by Gasteiger charge is -2.21. The standard InChI is InChI=1S/C38H74N4O2/c1-3-5-7-9-11-13-15-17-19-21-23-25-27-29-31-33-37(43)41(39)35-36-42(40)38(44)34-32-30-28-26-24-22-20-18-16-14-12-10-8-6-4-2/h17-20H,3-16,21-36,39-40H2,1-2H3/b19-17-,20-18-. The molecule has 0 saturated carbocycles. The van der Waals surface area contributed by atoms with Crippen molar-refractivity contribution in [3.8, 4) is 0 Å². The van der Waals surface area contributed by atoms with E-state index in [1.54, 1.807) is 0 Å². The average molecular weight is 619 g/mol. The lowest BCUT2D eigenvalue weighted by molar-refractivity contribution is -0.135. The molecule has 0 atom stereocenters. The molecule has 0 fully saturated rings. The minimum atomic E-state index is -0.0688. The van der Waals surface area contributed by atoms with Gasteiger partial charge in [0.05, 0.1) is 13.1 Å². The highest BCUT2D eigenvalue weighted by atomic mass is 16.2. The van der Waals surface area contributed by atoms with Crippen LogP contribution in [0.3, 0.4) is 0 Å². The summed E-state index contributed by atoms with van der Waals surface area (Å²) in [5, 5.41) is 2.45. The fraction of sp³-hybridized carbons (Fsp3) is 0.842. The summed E-state index contributed by atoms with van der Waals surface area (Å²) in [7, 11) is 0. The van der Waals surface area contributed by atoms with Crippen LogP contribution in [0.4, 0.5) is 0 Å². The van der Waals surface area contributed by atoms with E-state index in [1.807, 2.05) is 0 Å². The van der Waals surface area contributed by atoms with Crippen molar-refractivity contribution in [3.63, 3.8) is 0 Å². The zero-order chi connectivity index (χ0) is 32.4. The topological polar surface area (TPSA) is 92.7 Å². The molecule has 0 saturated heterocycles. The minimum Gasteiger partial charge on any atom is -0.279 e. The molecule has 258 valence electrons. The second-order valence-corrected chi connectivity index (χ2v) is 12.8. The van der Waals surface area contributed by atoms with Crippen LogP contribution in [-0.4, -0.2) is 34.9 Å².